The van der Waals surface area contributed by atoms with Crippen LogP contribution in [0.4, 0.5) is 5.69 Å². The Morgan fingerprint density at radius 2 is 2.10 bits per heavy atom. The lowest BCUT2D eigenvalue weighted by molar-refractivity contribution is -0.120. The molecule has 1 aliphatic heterocycles. The van der Waals surface area contributed by atoms with E-state index in [0.717, 1.165) is 0 Å². The van der Waals surface area contributed by atoms with Crippen LogP contribution in [0.5, 0.6) is 11.5 Å². The van der Waals surface area contributed by atoms with Gasteiger partial charge in [-0.1, -0.05) is 11.6 Å². The summed E-state index contributed by atoms with van der Waals surface area (Å²) in [5.74, 6) is 0.0124. The van der Waals surface area contributed by atoms with E-state index in [1.54, 1.807) is 16.7 Å². The van der Waals surface area contributed by atoms with Gasteiger partial charge in [-0.05, 0) is 19.8 Å². The SMILES string of the molecule is CCn1cnc(S(=O)(=O)N2CCCC(C(=O)Nc3c(Cl)cc(OC)cc3OC)C2)c1. The van der Waals surface area contributed by atoms with Crippen LogP contribution >= 0.6 is 11.6 Å². The number of aromatic nitrogens is 2. The van der Waals surface area contributed by atoms with Crippen LogP contribution in [-0.4, -0.2) is 55.5 Å². The highest BCUT2D eigenvalue weighted by atomic mass is 35.5. The van der Waals surface area contributed by atoms with Gasteiger partial charge in [-0.3, -0.25) is 4.79 Å². The van der Waals surface area contributed by atoms with Crippen LogP contribution in [0.1, 0.15) is 19.8 Å². The summed E-state index contributed by atoms with van der Waals surface area (Å²) in [5, 5.41) is 3.04. The van der Waals surface area contributed by atoms with Crippen molar-refractivity contribution in [3.05, 3.63) is 29.7 Å². The highest BCUT2D eigenvalue weighted by molar-refractivity contribution is 7.89. The number of nitrogens with one attached hydrogen (secondary N) is 1. The fourth-order valence-electron chi connectivity index (χ4n) is 3.34. The molecule has 1 saturated heterocycles. The molecule has 30 heavy (non-hydrogen) atoms. The van der Waals surface area contributed by atoms with Gasteiger partial charge in [0.15, 0.2) is 5.03 Å². The highest BCUT2D eigenvalue weighted by Crippen LogP contribution is 2.37. The van der Waals surface area contributed by atoms with Crippen molar-refractivity contribution in [2.45, 2.75) is 31.3 Å². The molecule has 164 valence electrons. The van der Waals surface area contributed by atoms with Crippen LogP contribution < -0.4 is 14.8 Å². The Morgan fingerprint density at radius 1 is 1.33 bits per heavy atom. The number of carbonyl (C=O) groups excluding carboxylic acids is 1. The van der Waals surface area contributed by atoms with Crippen LogP contribution in [0, 0.1) is 5.92 Å². The van der Waals surface area contributed by atoms with Crippen LogP contribution in [0.15, 0.2) is 29.7 Å². The average Bonchev–Trinajstić information content (AvgIpc) is 3.25. The number of anilines is 1. The quantitative estimate of drug-likeness (QED) is 0.687. The third-order valence-corrected chi connectivity index (χ3v) is 7.11. The molecular formula is C19H25ClN4O5S. The predicted molar refractivity (Wildman–Crippen MR) is 113 cm³/mol. The number of methoxy groups -OCH3 is 2. The molecule has 11 heteroatoms. The Kier molecular flexibility index (Phi) is 6.89. The molecule has 3 rings (SSSR count). The maximum absolute atomic E-state index is 12.9. The maximum Gasteiger partial charge on any atom is 0.262 e. The molecular weight excluding hydrogens is 432 g/mol. The predicted octanol–water partition coefficient (Wildman–Crippen LogP) is 2.61. The van der Waals surface area contributed by atoms with E-state index in [-0.39, 0.29) is 22.5 Å². The van der Waals surface area contributed by atoms with Gasteiger partial charge in [0.25, 0.3) is 10.0 Å². The van der Waals surface area contributed by atoms with Crippen LogP contribution in [-0.2, 0) is 21.4 Å². The normalized spacial score (nSPS) is 17.5. The third kappa shape index (κ3) is 4.55. The zero-order valence-corrected chi connectivity index (χ0v) is 18.7. The number of ether oxygens (including phenoxy) is 2. The second kappa shape index (κ2) is 9.23. The van der Waals surface area contributed by atoms with Gasteiger partial charge < -0.3 is 19.4 Å². The summed E-state index contributed by atoms with van der Waals surface area (Å²) >= 11 is 6.28. The van der Waals surface area contributed by atoms with Crippen molar-refractivity contribution >= 4 is 33.2 Å². The minimum atomic E-state index is -3.77. The number of amides is 1. The fraction of sp³-hybridized carbons (Fsp3) is 0.474. The number of benzene rings is 1. The van der Waals surface area contributed by atoms with E-state index in [0.29, 0.717) is 43.1 Å². The molecule has 1 aromatic heterocycles. The van der Waals surface area contributed by atoms with Crippen LogP contribution in [0.2, 0.25) is 5.02 Å². The van der Waals surface area contributed by atoms with E-state index in [1.165, 1.54) is 31.0 Å². The molecule has 0 bridgehead atoms. The lowest BCUT2D eigenvalue weighted by Gasteiger charge is -2.30. The van der Waals surface area contributed by atoms with Crippen molar-refractivity contribution < 1.29 is 22.7 Å². The van der Waals surface area contributed by atoms with E-state index in [1.807, 2.05) is 6.92 Å². The van der Waals surface area contributed by atoms with E-state index in [2.05, 4.69) is 10.3 Å². The third-order valence-electron chi connectivity index (χ3n) is 5.07. The van der Waals surface area contributed by atoms with Crippen molar-refractivity contribution in [3.8, 4) is 11.5 Å². The van der Waals surface area contributed by atoms with Gasteiger partial charge >= 0.3 is 0 Å². The molecule has 0 aliphatic carbocycles. The summed E-state index contributed by atoms with van der Waals surface area (Å²) in [5.41, 5.74) is 0.326. The van der Waals surface area contributed by atoms with E-state index >= 15 is 0 Å². The van der Waals surface area contributed by atoms with Gasteiger partial charge in [0.1, 0.15) is 17.2 Å². The number of rotatable bonds is 7. The van der Waals surface area contributed by atoms with Gasteiger partial charge in [0, 0.05) is 38.0 Å². The number of halogens is 1. The summed E-state index contributed by atoms with van der Waals surface area (Å²) in [6, 6.07) is 3.19. The first-order chi connectivity index (χ1) is 14.3. The zero-order chi connectivity index (χ0) is 21.9. The first kappa shape index (κ1) is 22.4. The summed E-state index contributed by atoms with van der Waals surface area (Å²) < 4.78 is 39.3. The Balaban J connectivity index is 1.76. The fourth-order valence-corrected chi connectivity index (χ4v) is 5.04. The number of carbonyl (C=O) groups is 1. The van der Waals surface area contributed by atoms with Gasteiger partial charge in [-0.15, -0.1) is 0 Å². The van der Waals surface area contributed by atoms with E-state index in [9.17, 15) is 13.2 Å². The first-order valence-electron chi connectivity index (χ1n) is 9.54. The summed E-state index contributed by atoms with van der Waals surface area (Å²) in [7, 11) is -0.799. The second-order valence-corrected chi connectivity index (χ2v) is 9.21. The Hall–Kier alpha value is -2.30. The number of hydrogen-bond acceptors (Lipinski definition) is 6. The van der Waals surface area contributed by atoms with Gasteiger partial charge in [-0.25, -0.2) is 13.4 Å². The Bertz CT molecular complexity index is 1020. The molecule has 1 atom stereocenters. The first-order valence-corrected chi connectivity index (χ1v) is 11.4. The second-order valence-electron chi connectivity index (χ2n) is 6.92. The number of sulfonamides is 1. The maximum atomic E-state index is 12.9. The molecule has 2 heterocycles. The van der Waals surface area contributed by atoms with Gasteiger partial charge in [-0.2, -0.15) is 4.31 Å². The average molecular weight is 457 g/mol. The number of hydrogen-bond donors (Lipinski definition) is 1. The molecule has 1 N–H and O–H groups in total. The van der Waals surface area contributed by atoms with Crippen molar-refractivity contribution in [2.75, 3.05) is 32.6 Å². The largest absolute Gasteiger partial charge is 0.497 e. The Morgan fingerprint density at radius 3 is 2.73 bits per heavy atom. The monoisotopic (exact) mass is 456 g/mol. The number of piperidine rings is 1. The van der Waals surface area contributed by atoms with Crippen molar-refractivity contribution in [3.63, 3.8) is 0 Å². The lowest BCUT2D eigenvalue weighted by atomic mass is 9.98. The van der Waals surface area contributed by atoms with Crippen molar-refractivity contribution in [1.29, 1.82) is 0 Å². The molecule has 1 unspecified atom stereocenters. The smallest absolute Gasteiger partial charge is 0.262 e. The zero-order valence-electron chi connectivity index (χ0n) is 17.1. The number of imidazole rings is 1. The molecule has 0 saturated carbocycles. The molecule has 1 amide bonds. The number of aryl methyl sites for hydroxylation is 1. The van der Waals surface area contributed by atoms with Gasteiger partial charge in [0.2, 0.25) is 5.91 Å². The van der Waals surface area contributed by atoms with Crippen LogP contribution in [0.25, 0.3) is 0 Å². The van der Waals surface area contributed by atoms with Crippen molar-refractivity contribution in [1.82, 2.24) is 13.9 Å². The topological polar surface area (TPSA) is 103 Å². The Labute approximate surface area is 181 Å². The molecule has 2 aromatic rings. The standard InChI is InChI=1S/C19H25ClN4O5S/c1-4-23-11-17(21-12-23)30(26,27)24-7-5-6-13(10-24)19(25)22-18-15(20)8-14(28-2)9-16(18)29-3/h8-9,11-13H,4-7,10H2,1-3H3,(H,22,25). The molecule has 0 spiro atoms. The highest BCUT2D eigenvalue weighted by Gasteiger charge is 2.35. The molecule has 0 radical (unpaired) electrons. The summed E-state index contributed by atoms with van der Waals surface area (Å²) in [6.07, 6.45) is 4.12. The minimum absolute atomic E-state index is 0.00900. The molecule has 1 fully saturated rings. The molecule has 1 aliphatic rings. The van der Waals surface area contributed by atoms with E-state index < -0.39 is 15.9 Å². The summed E-state index contributed by atoms with van der Waals surface area (Å²) in [4.78, 5) is 16.9. The lowest BCUT2D eigenvalue weighted by Crippen LogP contribution is -2.43. The minimum Gasteiger partial charge on any atom is -0.497 e. The molecule has 1 aromatic carbocycles. The van der Waals surface area contributed by atoms with Crippen molar-refractivity contribution in [2.24, 2.45) is 5.92 Å². The molecule has 9 nitrogen and oxygen atoms in total. The summed E-state index contributed by atoms with van der Waals surface area (Å²) in [6.45, 7) is 2.94. The number of nitrogens with zero attached hydrogens (tertiary/aromatic N) is 3. The van der Waals surface area contributed by atoms with E-state index in [4.69, 9.17) is 21.1 Å². The van der Waals surface area contributed by atoms with Crippen LogP contribution in [0.3, 0.4) is 0 Å². The van der Waals surface area contributed by atoms with Gasteiger partial charge in [0.05, 0.1) is 31.5 Å².